The molecule has 0 amide bonds. The Kier molecular flexibility index (Phi) is 3.51. The van der Waals surface area contributed by atoms with Crippen LogP contribution in [0.4, 0.5) is 0 Å². The summed E-state index contributed by atoms with van der Waals surface area (Å²) in [4.78, 5) is 0. The molecule has 1 aliphatic rings. The molecule has 12 heavy (non-hydrogen) atoms. The fourth-order valence-electron chi connectivity index (χ4n) is 1.83. The van der Waals surface area contributed by atoms with E-state index in [-0.39, 0.29) is 5.41 Å². The van der Waals surface area contributed by atoms with Gasteiger partial charge in [0.1, 0.15) is 0 Å². The van der Waals surface area contributed by atoms with Gasteiger partial charge in [0.25, 0.3) is 0 Å². The van der Waals surface area contributed by atoms with E-state index in [1.807, 2.05) is 0 Å². The standard InChI is InChI=1S/C9H16N2O/c1-12-8-9(4-5-10)3-2-6-11-7-9/h11H,2-4,6-8H2,1H3. The van der Waals surface area contributed by atoms with Crippen LogP contribution < -0.4 is 5.32 Å². The Labute approximate surface area is 73.7 Å². The molecule has 0 saturated carbocycles. The summed E-state index contributed by atoms with van der Waals surface area (Å²) in [6, 6.07) is 2.24. The molecule has 0 aromatic carbocycles. The Bertz CT molecular complexity index is 162. The van der Waals surface area contributed by atoms with E-state index in [1.54, 1.807) is 7.11 Å². The average molecular weight is 168 g/mol. The van der Waals surface area contributed by atoms with Gasteiger partial charge in [-0.3, -0.25) is 0 Å². The Hall–Kier alpha value is -0.590. The van der Waals surface area contributed by atoms with E-state index in [9.17, 15) is 0 Å². The zero-order valence-electron chi connectivity index (χ0n) is 7.60. The molecular weight excluding hydrogens is 152 g/mol. The molecule has 3 nitrogen and oxygen atoms in total. The van der Waals surface area contributed by atoms with E-state index in [0.29, 0.717) is 13.0 Å². The first-order valence-corrected chi connectivity index (χ1v) is 4.40. The van der Waals surface area contributed by atoms with Crippen LogP contribution in [0.25, 0.3) is 0 Å². The lowest BCUT2D eigenvalue weighted by Crippen LogP contribution is -2.42. The Balaban J connectivity index is 2.51. The minimum Gasteiger partial charge on any atom is -0.384 e. The van der Waals surface area contributed by atoms with Gasteiger partial charge in [0, 0.05) is 25.5 Å². The van der Waals surface area contributed by atoms with Gasteiger partial charge < -0.3 is 10.1 Å². The third kappa shape index (κ3) is 2.20. The number of methoxy groups -OCH3 is 1. The van der Waals surface area contributed by atoms with Crippen molar-refractivity contribution < 1.29 is 4.74 Å². The fraction of sp³-hybridized carbons (Fsp3) is 0.889. The van der Waals surface area contributed by atoms with Crippen molar-refractivity contribution in [1.29, 1.82) is 5.26 Å². The lowest BCUT2D eigenvalue weighted by Gasteiger charge is -2.35. The number of nitrogens with zero attached hydrogens (tertiary/aromatic N) is 1. The summed E-state index contributed by atoms with van der Waals surface area (Å²) in [6.07, 6.45) is 2.88. The van der Waals surface area contributed by atoms with Crippen LogP contribution in [0.15, 0.2) is 0 Å². The van der Waals surface area contributed by atoms with Gasteiger partial charge in [-0.25, -0.2) is 0 Å². The summed E-state index contributed by atoms with van der Waals surface area (Å²) in [6.45, 7) is 2.71. The molecular formula is C9H16N2O. The molecule has 3 heteroatoms. The average Bonchev–Trinajstić information content (AvgIpc) is 2.07. The molecule has 1 rings (SSSR count). The summed E-state index contributed by atoms with van der Waals surface area (Å²) >= 11 is 0. The van der Waals surface area contributed by atoms with Gasteiger partial charge in [-0.1, -0.05) is 0 Å². The first-order valence-electron chi connectivity index (χ1n) is 4.40. The SMILES string of the molecule is COCC1(CC#N)CCCNC1. The van der Waals surface area contributed by atoms with E-state index in [2.05, 4.69) is 11.4 Å². The van der Waals surface area contributed by atoms with Crippen LogP contribution in [0.1, 0.15) is 19.3 Å². The van der Waals surface area contributed by atoms with E-state index in [4.69, 9.17) is 10.00 Å². The van der Waals surface area contributed by atoms with Crippen molar-refractivity contribution in [3.8, 4) is 6.07 Å². The molecule has 1 fully saturated rings. The number of rotatable bonds is 3. The number of hydrogen-bond acceptors (Lipinski definition) is 3. The van der Waals surface area contributed by atoms with Crippen molar-refractivity contribution in [3.05, 3.63) is 0 Å². The van der Waals surface area contributed by atoms with Crippen LogP contribution in [-0.4, -0.2) is 26.8 Å². The quantitative estimate of drug-likeness (QED) is 0.681. The molecule has 1 atom stereocenters. The number of nitrogens with one attached hydrogen (secondary N) is 1. The maximum absolute atomic E-state index is 8.68. The molecule has 0 bridgehead atoms. The minimum absolute atomic E-state index is 0.0851. The molecule has 1 heterocycles. The van der Waals surface area contributed by atoms with E-state index >= 15 is 0 Å². The van der Waals surface area contributed by atoms with Crippen molar-refractivity contribution in [2.24, 2.45) is 5.41 Å². The highest BCUT2D eigenvalue weighted by Crippen LogP contribution is 2.29. The Morgan fingerprint density at radius 3 is 3.00 bits per heavy atom. The number of hydrogen-bond donors (Lipinski definition) is 1. The van der Waals surface area contributed by atoms with Crippen molar-refractivity contribution in [2.45, 2.75) is 19.3 Å². The fourth-order valence-corrected chi connectivity index (χ4v) is 1.83. The highest BCUT2D eigenvalue weighted by molar-refractivity contribution is 4.92. The number of piperidine rings is 1. The summed E-state index contributed by atoms with van der Waals surface area (Å²) in [5.41, 5.74) is 0.0851. The van der Waals surface area contributed by atoms with Crippen LogP contribution in [0.3, 0.4) is 0 Å². The lowest BCUT2D eigenvalue weighted by atomic mass is 9.79. The van der Waals surface area contributed by atoms with Crippen LogP contribution in [-0.2, 0) is 4.74 Å². The van der Waals surface area contributed by atoms with Crippen molar-refractivity contribution >= 4 is 0 Å². The highest BCUT2D eigenvalue weighted by Gasteiger charge is 2.31. The molecule has 0 aromatic heterocycles. The lowest BCUT2D eigenvalue weighted by molar-refractivity contribution is 0.0618. The van der Waals surface area contributed by atoms with Gasteiger partial charge in [0.15, 0.2) is 0 Å². The second-order valence-electron chi connectivity index (χ2n) is 3.55. The molecule has 1 saturated heterocycles. The van der Waals surface area contributed by atoms with Gasteiger partial charge in [0.2, 0.25) is 0 Å². The number of nitriles is 1. The van der Waals surface area contributed by atoms with E-state index in [1.165, 1.54) is 0 Å². The maximum Gasteiger partial charge on any atom is 0.0629 e. The van der Waals surface area contributed by atoms with E-state index in [0.717, 1.165) is 25.9 Å². The molecule has 1 N–H and O–H groups in total. The van der Waals surface area contributed by atoms with Gasteiger partial charge in [-0.2, -0.15) is 5.26 Å². The van der Waals surface area contributed by atoms with Crippen LogP contribution >= 0.6 is 0 Å². The smallest absolute Gasteiger partial charge is 0.0629 e. The van der Waals surface area contributed by atoms with Crippen LogP contribution in [0.2, 0.25) is 0 Å². The third-order valence-electron chi connectivity index (χ3n) is 2.47. The molecule has 0 radical (unpaired) electrons. The molecule has 0 aliphatic carbocycles. The molecule has 0 aromatic rings. The topological polar surface area (TPSA) is 45.0 Å². The largest absolute Gasteiger partial charge is 0.384 e. The van der Waals surface area contributed by atoms with E-state index < -0.39 is 0 Å². The summed E-state index contributed by atoms with van der Waals surface area (Å²) in [5.74, 6) is 0. The predicted molar refractivity (Wildman–Crippen MR) is 46.6 cm³/mol. The minimum atomic E-state index is 0.0851. The van der Waals surface area contributed by atoms with Gasteiger partial charge in [-0.05, 0) is 19.4 Å². The van der Waals surface area contributed by atoms with Gasteiger partial charge >= 0.3 is 0 Å². The zero-order valence-corrected chi connectivity index (χ0v) is 7.60. The summed E-state index contributed by atoms with van der Waals surface area (Å²) in [7, 11) is 1.70. The normalized spacial score (nSPS) is 29.7. The maximum atomic E-state index is 8.68. The predicted octanol–water partition coefficient (Wildman–Crippen LogP) is 0.916. The number of ether oxygens (including phenoxy) is 1. The zero-order chi connectivity index (χ0) is 8.86. The third-order valence-corrected chi connectivity index (χ3v) is 2.47. The second-order valence-corrected chi connectivity index (χ2v) is 3.55. The first kappa shape index (κ1) is 9.50. The summed E-state index contributed by atoms with van der Waals surface area (Å²) in [5, 5.41) is 12.0. The van der Waals surface area contributed by atoms with Crippen molar-refractivity contribution in [2.75, 3.05) is 26.8 Å². The Morgan fingerprint density at radius 1 is 1.67 bits per heavy atom. The first-order chi connectivity index (χ1) is 5.83. The molecule has 1 aliphatic heterocycles. The van der Waals surface area contributed by atoms with Crippen LogP contribution in [0, 0.1) is 16.7 Å². The van der Waals surface area contributed by atoms with Crippen LogP contribution in [0.5, 0.6) is 0 Å². The molecule has 0 spiro atoms. The summed E-state index contributed by atoms with van der Waals surface area (Å²) < 4.78 is 5.15. The monoisotopic (exact) mass is 168 g/mol. The van der Waals surface area contributed by atoms with Gasteiger partial charge in [-0.15, -0.1) is 0 Å². The highest BCUT2D eigenvalue weighted by atomic mass is 16.5. The molecule has 1 unspecified atom stereocenters. The second kappa shape index (κ2) is 4.44. The Morgan fingerprint density at radius 2 is 2.50 bits per heavy atom. The molecule has 68 valence electrons. The van der Waals surface area contributed by atoms with Crippen molar-refractivity contribution in [1.82, 2.24) is 5.32 Å². The van der Waals surface area contributed by atoms with Crippen molar-refractivity contribution in [3.63, 3.8) is 0 Å². The van der Waals surface area contributed by atoms with Gasteiger partial charge in [0.05, 0.1) is 12.7 Å².